The maximum absolute atomic E-state index is 12.7. The Labute approximate surface area is 161 Å². The number of amides is 1. The van der Waals surface area contributed by atoms with Gasteiger partial charge in [-0.15, -0.1) is 0 Å². The van der Waals surface area contributed by atoms with Crippen LogP contribution in [-0.4, -0.2) is 54.6 Å². The number of hydrogen-bond donors (Lipinski definition) is 0. The van der Waals surface area contributed by atoms with Gasteiger partial charge in [0.25, 0.3) is 11.6 Å². The fraction of sp³-hybridized carbons (Fsp3) is 0.235. The molecule has 2 aromatic rings. The summed E-state index contributed by atoms with van der Waals surface area (Å²) in [7, 11) is -3.77. The summed E-state index contributed by atoms with van der Waals surface area (Å²) in [5, 5.41) is 11.2. The number of hydrogen-bond acceptors (Lipinski definition) is 5. The Bertz CT molecular complexity index is 970. The van der Waals surface area contributed by atoms with Gasteiger partial charge in [-0.25, -0.2) is 8.42 Å². The van der Waals surface area contributed by atoms with Gasteiger partial charge in [0.05, 0.1) is 9.82 Å². The van der Waals surface area contributed by atoms with Crippen molar-refractivity contribution in [1.82, 2.24) is 9.21 Å². The van der Waals surface area contributed by atoms with Crippen molar-refractivity contribution in [3.8, 4) is 0 Å². The lowest BCUT2D eigenvalue weighted by Crippen LogP contribution is -2.50. The fourth-order valence-corrected chi connectivity index (χ4v) is 4.44. The highest BCUT2D eigenvalue weighted by Crippen LogP contribution is 2.21. The molecule has 1 fully saturated rings. The number of nitrogens with zero attached hydrogens (tertiary/aromatic N) is 3. The summed E-state index contributed by atoms with van der Waals surface area (Å²) in [5.41, 5.74) is 0.278. The normalized spacial score (nSPS) is 15.5. The highest BCUT2D eigenvalue weighted by Gasteiger charge is 2.30. The van der Waals surface area contributed by atoms with Gasteiger partial charge in [-0.05, 0) is 30.3 Å². The maximum atomic E-state index is 12.7. The molecular weight excluding hydrogens is 394 g/mol. The molecule has 0 unspecified atom stereocenters. The number of nitro groups is 1. The van der Waals surface area contributed by atoms with Crippen LogP contribution in [0.15, 0.2) is 53.4 Å². The number of halogens is 1. The van der Waals surface area contributed by atoms with E-state index in [1.807, 2.05) is 0 Å². The highest BCUT2D eigenvalue weighted by molar-refractivity contribution is 7.89. The second kappa shape index (κ2) is 7.63. The van der Waals surface area contributed by atoms with E-state index in [4.69, 9.17) is 11.6 Å². The second-order valence-electron chi connectivity index (χ2n) is 5.96. The average Bonchev–Trinajstić information content (AvgIpc) is 2.67. The molecule has 1 aliphatic heterocycles. The van der Waals surface area contributed by atoms with Crippen molar-refractivity contribution < 1.29 is 18.1 Å². The van der Waals surface area contributed by atoms with E-state index in [9.17, 15) is 23.3 Å². The molecular formula is C17H16ClN3O5S. The third-order valence-electron chi connectivity index (χ3n) is 4.28. The zero-order valence-corrected chi connectivity index (χ0v) is 15.7. The van der Waals surface area contributed by atoms with Gasteiger partial charge >= 0.3 is 0 Å². The molecule has 0 N–H and O–H groups in total. The van der Waals surface area contributed by atoms with E-state index in [1.54, 1.807) is 29.2 Å². The summed E-state index contributed by atoms with van der Waals surface area (Å²) in [5.74, 6) is -0.204. The van der Waals surface area contributed by atoms with Gasteiger partial charge in [-0.2, -0.15) is 4.31 Å². The van der Waals surface area contributed by atoms with Gasteiger partial charge < -0.3 is 4.90 Å². The maximum Gasteiger partial charge on any atom is 0.269 e. The molecule has 10 heteroatoms. The number of sulfonamides is 1. The zero-order chi connectivity index (χ0) is 19.6. The molecule has 0 aromatic heterocycles. The number of piperazine rings is 1. The van der Waals surface area contributed by atoms with E-state index in [0.29, 0.717) is 10.6 Å². The number of carbonyl (C=O) groups is 1. The first-order chi connectivity index (χ1) is 12.8. The predicted molar refractivity (Wildman–Crippen MR) is 99.2 cm³/mol. The van der Waals surface area contributed by atoms with Gasteiger partial charge in [0.2, 0.25) is 10.0 Å². The molecule has 1 aliphatic rings. The number of carbonyl (C=O) groups excluding carboxylic acids is 1. The monoisotopic (exact) mass is 409 g/mol. The highest BCUT2D eigenvalue weighted by atomic mass is 35.5. The van der Waals surface area contributed by atoms with E-state index >= 15 is 0 Å². The van der Waals surface area contributed by atoms with Crippen molar-refractivity contribution in [3.05, 3.63) is 69.2 Å². The molecule has 0 saturated carbocycles. The third kappa shape index (κ3) is 4.10. The molecule has 0 atom stereocenters. The van der Waals surface area contributed by atoms with E-state index in [-0.39, 0.29) is 42.7 Å². The van der Waals surface area contributed by atoms with Crippen LogP contribution in [0.2, 0.25) is 5.02 Å². The summed E-state index contributed by atoms with van der Waals surface area (Å²) in [6.07, 6.45) is 0. The van der Waals surface area contributed by atoms with Crippen molar-refractivity contribution in [3.63, 3.8) is 0 Å². The molecule has 1 amide bonds. The first-order valence-electron chi connectivity index (χ1n) is 8.08. The zero-order valence-electron chi connectivity index (χ0n) is 14.1. The number of nitro benzene ring substituents is 1. The lowest BCUT2D eigenvalue weighted by molar-refractivity contribution is -0.384. The summed E-state index contributed by atoms with van der Waals surface area (Å²) >= 11 is 5.91. The summed E-state index contributed by atoms with van der Waals surface area (Å²) < 4.78 is 26.7. The predicted octanol–water partition coefficient (Wildman–Crippen LogP) is 2.39. The van der Waals surface area contributed by atoms with Crippen LogP contribution in [0.3, 0.4) is 0 Å². The molecule has 0 aliphatic carbocycles. The Morgan fingerprint density at radius 1 is 1.04 bits per heavy atom. The first-order valence-corrected chi connectivity index (χ1v) is 9.90. The molecule has 142 valence electrons. The van der Waals surface area contributed by atoms with Crippen LogP contribution in [0, 0.1) is 10.1 Å². The second-order valence-corrected chi connectivity index (χ2v) is 8.33. The van der Waals surface area contributed by atoms with Crippen molar-refractivity contribution in [1.29, 1.82) is 0 Å². The van der Waals surface area contributed by atoms with Crippen LogP contribution < -0.4 is 0 Å². The Kier molecular flexibility index (Phi) is 5.45. The van der Waals surface area contributed by atoms with Crippen molar-refractivity contribution in [2.45, 2.75) is 4.90 Å². The molecule has 3 rings (SSSR count). The SMILES string of the molecule is O=C(c1cccc(Cl)c1)N1CCN(S(=O)(=O)c2ccc([N+](=O)[O-])cc2)CC1. The van der Waals surface area contributed by atoms with Crippen LogP contribution in [0.5, 0.6) is 0 Å². The van der Waals surface area contributed by atoms with E-state index in [0.717, 1.165) is 12.1 Å². The molecule has 1 saturated heterocycles. The number of non-ortho nitro benzene ring substituents is 1. The minimum absolute atomic E-state index is 0.0114. The van der Waals surface area contributed by atoms with Crippen molar-refractivity contribution >= 4 is 33.2 Å². The number of benzene rings is 2. The fourth-order valence-electron chi connectivity index (χ4n) is 2.82. The molecule has 1 heterocycles. The molecule has 0 bridgehead atoms. The Morgan fingerprint density at radius 2 is 1.67 bits per heavy atom. The molecule has 2 aromatic carbocycles. The third-order valence-corrected chi connectivity index (χ3v) is 6.43. The number of rotatable bonds is 4. The molecule has 27 heavy (non-hydrogen) atoms. The Hall–Kier alpha value is -2.49. The Balaban J connectivity index is 1.69. The molecule has 0 radical (unpaired) electrons. The first kappa shape index (κ1) is 19.3. The minimum Gasteiger partial charge on any atom is -0.336 e. The van der Waals surface area contributed by atoms with Gasteiger partial charge in [0, 0.05) is 48.9 Å². The Morgan fingerprint density at radius 3 is 2.22 bits per heavy atom. The molecule has 8 nitrogen and oxygen atoms in total. The minimum atomic E-state index is -3.77. The van der Waals surface area contributed by atoms with Crippen LogP contribution in [0.25, 0.3) is 0 Å². The van der Waals surface area contributed by atoms with Gasteiger partial charge in [-0.3, -0.25) is 14.9 Å². The van der Waals surface area contributed by atoms with Crippen LogP contribution in [-0.2, 0) is 10.0 Å². The van der Waals surface area contributed by atoms with Crippen LogP contribution in [0.4, 0.5) is 5.69 Å². The largest absolute Gasteiger partial charge is 0.336 e. The standard InChI is InChI=1S/C17H16ClN3O5S/c18-14-3-1-2-13(12-14)17(22)19-8-10-20(11-9-19)27(25,26)16-6-4-15(5-7-16)21(23)24/h1-7,12H,8-11H2. The summed E-state index contributed by atoms with van der Waals surface area (Å²) in [6, 6.07) is 11.3. The van der Waals surface area contributed by atoms with Crippen LogP contribution in [0.1, 0.15) is 10.4 Å². The van der Waals surface area contributed by atoms with Gasteiger partial charge in [0.1, 0.15) is 0 Å². The topological polar surface area (TPSA) is 101 Å². The quantitative estimate of drug-likeness (QED) is 0.570. The average molecular weight is 410 g/mol. The van der Waals surface area contributed by atoms with E-state index in [1.165, 1.54) is 16.4 Å². The van der Waals surface area contributed by atoms with Crippen molar-refractivity contribution in [2.24, 2.45) is 0 Å². The summed E-state index contributed by atoms with van der Waals surface area (Å²) in [6.45, 7) is 0.784. The van der Waals surface area contributed by atoms with Gasteiger partial charge in [0.15, 0.2) is 0 Å². The van der Waals surface area contributed by atoms with E-state index < -0.39 is 14.9 Å². The van der Waals surface area contributed by atoms with E-state index in [2.05, 4.69) is 0 Å². The smallest absolute Gasteiger partial charge is 0.269 e. The van der Waals surface area contributed by atoms with Gasteiger partial charge in [-0.1, -0.05) is 17.7 Å². The van der Waals surface area contributed by atoms with Crippen molar-refractivity contribution in [2.75, 3.05) is 26.2 Å². The molecule has 0 spiro atoms. The lowest BCUT2D eigenvalue weighted by atomic mass is 10.2. The lowest BCUT2D eigenvalue weighted by Gasteiger charge is -2.34. The van der Waals surface area contributed by atoms with Crippen LogP contribution >= 0.6 is 11.6 Å². The summed E-state index contributed by atoms with van der Waals surface area (Å²) in [4.78, 5) is 24.2.